The fraction of sp³-hybridized carbons (Fsp3) is 0.207. The molecular formula is C29H25Br2ClN2O6. The number of nitrogens with one attached hydrogen (secondary N) is 1. The van der Waals surface area contributed by atoms with Crippen LogP contribution in [0.5, 0.6) is 17.2 Å². The molecule has 3 aromatic rings. The summed E-state index contributed by atoms with van der Waals surface area (Å²) in [7, 11) is 1.51. The van der Waals surface area contributed by atoms with Gasteiger partial charge in [-0.25, -0.2) is 4.79 Å². The van der Waals surface area contributed by atoms with E-state index in [1.807, 2.05) is 25.1 Å². The predicted octanol–water partition coefficient (Wildman–Crippen LogP) is 6.90. The molecule has 1 heterocycles. The van der Waals surface area contributed by atoms with Gasteiger partial charge < -0.3 is 14.2 Å². The second-order valence-corrected chi connectivity index (χ2v) is 10.9. The van der Waals surface area contributed by atoms with Crippen molar-refractivity contribution < 1.29 is 28.6 Å². The quantitative estimate of drug-likeness (QED) is 0.184. The predicted molar refractivity (Wildman–Crippen MR) is 158 cm³/mol. The Morgan fingerprint density at radius 3 is 2.38 bits per heavy atom. The van der Waals surface area contributed by atoms with Gasteiger partial charge in [-0.05, 0) is 97.4 Å². The van der Waals surface area contributed by atoms with Gasteiger partial charge in [0.1, 0.15) is 17.9 Å². The first-order valence-corrected chi connectivity index (χ1v) is 14.2. The van der Waals surface area contributed by atoms with Gasteiger partial charge in [-0.1, -0.05) is 36.7 Å². The first-order valence-electron chi connectivity index (χ1n) is 12.2. The molecule has 0 aliphatic carbocycles. The number of rotatable bonds is 10. The highest BCUT2D eigenvalue weighted by molar-refractivity contribution is 9.11. The molecule has 0 spiro atoms. The second-order valence-electron chi connectivity index (χ2n) is 8.77. The van der Waals surface area contributed by atoms with Gasteiger partial charge in [0.05, 0.1) is 29.2 Å². The summed E-state index contributed by atoms with van der Waals surface area (Å²) in [5, 5.41) is 2.86. The SMILES string of the molecule is CCCOc1ccc(CN2C(=O)NC(=O)/C(=C\c3cc(Br)c(OCc4cccc(Cl)c4)c(Br)c3)C2=O)cc1OC. The van der Waals surface area contributed by atoms with E-state index in [1.54, 1.807) is 36.4 Å². The molecule has 3 aromatic carbocycles. The minimum atomic E-state index is -0.801. The lowest BCUT2D eigenvalue weighted by molar-refractivity contribution is -0.130. The van der Waals surface area contributed by atoms with Crippen LogP contribution < -0.4 is 19.5 Å². The Hall–Kier alpha value is -3.34. The van der Waals surface area contributed by atoms with E-state index in [4.69, 9.17) is 25.8 Å². The van der Waals surface area contributed by atoms with Crippen molar-refractivity contribution in [3.05, 3.63) is 90.8 Å². The maximum absolute atomic E-state index is 13.3. The number of hydrogen-bond acceptors (Lipinski definition) is 6. The molecular weight excluding hydrogens is 668 g/mol. The van der Waals surface area contributed by atoms with Crippen LogP contribution in [0.15, 0.2) is 69.1 Å². The molecule has 0 bridgehead atoms. The Labute approximate surface area is 253 Å². The lowest BCUT2D eigenvalue weighted by Gasteiger charge is -2.26. The van der Waals surface area contributed by atoms with Crippen LogP contribution >= 0.6 is 43.5 Å². The average molecular weight is 693 g/mol. The van der Waals surface area contributed by atoms with Gasteiger partial charge >= 0.3 is 6.03 Å². The van der Waals surface area contributed by atoms with Gasteiger partial charge in [0.2, 0.25) is 0 Å². The summed E-state index contributed by atoms with van der Waals surface area (Å²) >= 11 is 13.0. The number of carbonyl (C=O) groups excluding carboxylic acids is 3. The number of hydrogen-bond donors (Lipinski definition) is 1. The normalized spacial score (nSPS) is 14.4. The van der Waals surface area contributed by atoms with Crippen molar-refractivity contribution in [2.45, 2.75) is 26.5 Å². The molecule has 1 aliphatic rings. The highest BCUT2D eigenvalue weighted by Gasteiger charge is 2.36. The average Bonchev–Trinajstić information content (AvgIpc) is 2.92. The fourth-order valence-corrected chi connectivity index (χ4v) is 5.58. The number of amides is 4. The van der Waals surface area contributed by atoms with Crippen LogP contribution in [0, 0.1) is 0 Å². The van der Waals surface area contributed by atoms with Crippen molar-refractivity contribution in [3.8, 4) is 17.2 Å². The monoisotopic (exact) mass is 690 g/mol. The summed E-state index contributed by atoms with van der Waals surface area (Å²) in [6.07, 6.45) is 2.26. The zero-order valence-corrected chi connectivity index (χ0v) is 25.6. The fourth-order valence-electron chi connectivity index (χ4n) is 3.91. The number of halogens is 3. The van der Waals surface area contributed by atoms with Gasteiger partial charge in [-0.15, -0.1) is 0 Å². The highest BCUT2D eigenvalue weighted by atomic mass is 79.9. The van der Waals surface area contributed by atoms with E-state index in [0.29, 0.717) is 49.0 Å². The molecule has 1 aliphatic heterocycles. The molecule has 0 unspecified atom stereocenters. The summed E-state index contributed by atoms with van der Waals surface area (Å²) in [5.74, 6) is 0.0938. The minimum Gasteiger partial charge on any atom is -0.493 e. The smallest absolute Gasteiger partial charge is 0.331 e. The summed E-state index contributed by atoms with van der Waals surface area (Å²) < 4.78 is 18.2. The van der Waals surface area contributed by atoms with Gasteiger partial charge in [-0.3, -0.25) is 19.8 Å². The molecule has 4 rings (SSSR count). The van der Waals surface area contributed by atoms with E-state index in [1.165, 1.54) is 13.2 Å². The van der Waals surface area contributed by atoms with Gasteiger partial charge in [0, 0.05) is 5.02 Å². The maximum atomic E-state index is 13.3. The van der Waals surface area contributed by atoms with Crippen LogP contribution in [0.1, 0.15) is 30.0 Å². The van der Waals surface area contributed by atoms with Crippen molar-refractivity contribution in [1.82, 2.24) is 10.2 Å². The van der Waals surface area contributed by atoms with E-state index >= 15 is 0 Å². The van der Waals surface area contributed by atoms with Crippen LogP contribution in [-0.4, -0.2) is 36.5 Å². The Morgan fingerprint density at radius 1 is 0.950 bits per heavy atom. The first-order chi connectivity index (χ1) is 19.2. The summed E-state index contributed by atoms with van der Waals surface area (Å²) in [4.78, 5) is 39.5. The molecule has 1 fully saturated rings. The van der Waals surface area contributed by atoms with Crippen molar-refractivity contribution in [3.63, 3.8) is 0 Å². The lowest BCUT2D eigenvalue weighted by atomic mass is 10.1. The first kappa shape index (κ1) is 29.6. The van der Waals surface area contributed by atoms with Crippen LogP contribution in [0.3, 0.4) is 0 Å². The summed E-state index contributed by atoms with van der Waals surface area (Å²) in [5.41, 5.74) is 1.89. The third-order valence-corrected chi connectivity index (χ3v) is 7.23. The molecule has 208 valence electrons. The Kier molecular flexibility index (Phi) is 9.89. The zero-order valence-electron chi connectivity index (χ0n) is 21.6. The van der Waals surface area contributed by atoms with Crippen LogP contribution in [0.4, 0.5) is 4.79 Å². The Balaban J connectivity index is 1.54. The van der Waals surface area contributed by atoms with E-state index < -0.39 is 17.8 Å². The Morgan fingerprint density at radius 2 is 1.70 bits per heavy atom. The van der Waals surface area contributed by atoms with Crippen LogP contribution in [-0.2, 0) is 22.7 Å². The van der Waals surface area contributed by atoms with Crippen LogP contribution in [0.2, 0.25) is 5.02 Å². The number of methoxy groups -OCH3 is 1. The van der Waals surface area contributed by atoms with Crippen molar-refractivity contribution in [2.75, 3.05) is 13.7 Å². The number of benzene rings is 3. The maximum Gasteiger partial charge on any atom is 0.331 e. The molecule has 0 radical (unpaired) electrons. The van der Waals surface area contributed by atoms with Crippen molar-refractivity contribution >= 4 is 67.4 Å². The molecule has 40 heavy (non-hydrogen) atoms. The third kappa shape index (κ3) is 7.04. The molecule has 0 saturated carbocycles. The van der Waals surface area contributed by atoms with Gasteiger partial charge in [0.15, 0.2) is 11.5 Å². The topological polar surface area (TPSA) is 94.2 Å². The Bertz CT molecular complexity index is 1470. The van der Waals surface area contributed by atoms with Crippen molar-refractivity contribution in [1.29, 1.82) is 0 Å². The minimum absolute atomic E-state index is 0.0661. The van der Waals surface area contributed by atoms with Gasteiger partial charge in [-0.2, -0.15) is 0 Å². The van der Waals surface area contributed by atoms with Crippen molar-refractivity contribution in [2.24, 2.45) is 0 Å². The molecule has 0 atom stereocenters. The van der Waals surface area contributed by atoms with Gasteiger partial charge in [0.25, 0.3) is 11.8 Å². The molecule has 0 aromatic heterocycles. The van der Waals surface area contributed by atoms with E-state index in [2.05, 4.69) is 37.2 Å². The number of nitrogens with zero attached hydrogens (tertiary/aromatic N) is 1. The second kappa shape index (κ2) is 13.3. The van der Waals surface area contributed by atoms with E-state index in [0.717, 1.165) is 16.9 Å². The largest absolute Gasteiger partial charge is 0.493 e. The molecule has 1 saturated heterocycles. The summed E-state index contributed by atoms with van der Waals surface area (Å²) in [6.45, 7) is 2.74. The number of imide groups is 2. The lowest BCUT2D eigenvalue weighted by Crippen LogP contribution is -2.53. The highest BCUT2D eigenvalue weighted by Crippen LogP contribution is 2.36. The summed E-state index contributed by atoms with van der Waals surface area (Å²) in [6, 6.07) is 15.1. The van der Waals surface area contributed by atoms with Crippen LogP contribution in [0.25, 0.3) is 6.08 Å². The number of urea groups is 1. The standard InChI is InChI=1S/C29H25Br2ClN2O6/c1-3-9-39-24-8-7-17(14-25(24)38-2)15-34-28(36)21(27(35)33-29(34)37)11-19-12-22(30)26(23(31)13-19)40-16-18-5-4-6-20(32)10-18/h4-8,10-14H,3,9,15-16H2,1-2H3,(H,33,35,37)/b21-11+. The molecule has 4 amide bonds. The molecule has 11 heteroatoms. The number of carbonyl (C=O) groups is 3. The van der Waals surface area contributed by atoms with E-state index in [-0.39, 0.29) is 18.7 Å². The zero-order chi connectivity index (χ0) is 28.8. The number of barbiturate groups is 1. The number of ether oxygens (including phenoxy) is 3. The molecule has 8 nitrogen and oxygen atoms in total. The molecule has 1 N–H and O–H groups in total. The van der Waals surface area contributed by atoms with E-state index in [9.17, 15) is 14.4 Å². The third-order valence-electron chi connectivity index (χ3n) is 5.82.